The summed E-state index contributed by atoms with van der Waals surface area (Å²) in [6.45, 7) is 1.67. The minimum Gasteiger partial charge on any atom is -0.504 e. The first kappa shape index (κ1) is 8.73. The van der Waals surface area contributed by atoms with E-state index in [1.54, 1.807) is 6.92 Å². The highest BCUT2D eigenvalue weighted by atomic mass is 32.1. The van der Waals surface area contributed by atoms with Gasteiger partial charge in [-0.2, -0.15) is 0 Å². The number of aryl methyl sites for hydroxylation is 1. The summed E-state index contributed by atoms with van der Waals surface area (Å²) in [5.74, 6) is -1.57. The van der Waals surface area contributed by atoms with Crippen LogP contribution in [0.15, 0.2) is 6.07 Å². The van der Waals surface area contributed by atoms with E-state index in [1.807, 2.05) is 0 Å². The van der Waals surface area contributed by atoms with E-state index in [9.17, 15) is 9.90 Å². The van der Waals surface area contributed by atoms with Crippen LogP contribution in [0.2, 0.25) is 0 Å². The highest BCUT2D eigenvalue weighted by molar-refractivity contribution is 7.71. The molecule has 0 bridgehead atoms. The van der Waals surface area contributed by atoms with Crippen LogP contribution in [0.3, 0.4) is 0 Å². The van der Waals surface area contributed by atoms with Crippen LogP contribution in [0.25, 0.3) is 0 Å². The molecule has 0 atom stereocenters. The molecule has 1 aromatic heterocycles. The minimum absolute atomic E-state index is 0.0485. The van der Waals surface area contributed by atoms with Crippen LogP contribution in [-0.4, -0.2) is 21.2 Å². The Balaban J connectivity index is 3.48. The molecule has 64 valence electrons. The lowest BCUT2D eigenvalue weighted by Gasteiger charge is -2.00. The minimum atomic E-state index is -1.18. The quantitative estimate of drug-likeness (QED) is 0.579. The maximum Gasteiger partial charge on any atom is 0.339 e. The van der Waals surface area contributed by atoms with Crippen LogP contribution in [0, 0.1) is 11.6 Å². The summed E-state index contributed by atoms with van der Waals surface area (Å²) in [5, 5.41) is 17.8. The largest absolute Gasteiger partial charge is 0.504 e. The molecular formula is C7H7NO3S. The molecule has 0 radical (unpaired) electrons. The monoisotopic (exact) mass is 185 g/mol. The summed E-state index contributed by atoms with van der Waals surface area (Å²) in [6.07, 6.45) is 0. The molecule has 0 saturated carbocycles. The molecule has 3 N–H and O–H groups in total. The number of carbonyl (C=O) groups is 1. The number of pyridine rings is 1. The van der Waals surface area contributed by atoms with Crippen LogP contribution in [-0.2, 0) is 0 Å². The van der Waals surface area contributed by atoms with Gasteiger partial charge in [0.15, 0.2) is 5.75 Å². The van der Waals surface area contributed by atoms with Crippen LogP contribution >= 0.6 is 12.2 Å². The summed E-state index contributed by atoms with van der Waals surface area (Å²) in [5.41, 5.74) is 0.437. The van der Waals surface area contributed by atoms with Gasteiger partial charge >= 0.3 is 5.97 Å². The van der Waals surface area contributed by atoms with E-state index in [2.05, 4.69) is 17.2 Å². The second kappa shape index (κ2) is 2.94. The van der Waals surface area contributed by atoms with Crippen LogP contribution in [0.4, 0.5) is 0 Å². The first-order valence-corrected chi connectivity index (χ1v) is 3.59. The zero-order chi connectivity index (χ0) is 9.30. The molecule has 0 aromatic carbocycles. The number of carboxylic acid groups (broad SMARTS) is 1. The molecule has 1 heterocycles. The highest BCUT2D eigenvalue weighted by Gasteiger charge is 2.10. The molecule has 0 fully saturated rings. The molecule has 1 aromatic rings. The van der Waals surface area contributed by atoms with E-state index in [0.29, 0.717) is 5.69 Å². The predicted octanol–water partition coefficient (Wildman–Crippen LogP) is 1.46. The average molecular weight is 185 g/mol. The van der Waals surface area contributed by atoms with Gasteiger partial charge in [0.25, 0.3) is 0 Å². The van der Waals surface area contributed by atoms with E-state index in [-0.39, 0.29) is 16.0 Å². The van der Waals surface area contributed by atoms with Crippen molar-refractivity contribution in [1.82, 2.24) is 4.98 Å². The second-order valence-electron chi connectivity index (χ2n) is 2.35. The molecule has 0 aliphatic heterocycles. The van der Waals surface area contributed by atoms with E-state index in [0.717, 1.165) is 0 Å². The van der Waals surface area contributed by atoms with Gasteiger partial charge in [0.2, 0.25) is 0 Å². The molecule has 0 spiro atoms. The fourth-order valence-electron chi connectivity index (χ4n) is 0.845. The molecular weight excluding hydrogens is 178 g/mol. The molecule has 0 aliphatic carbocycles. The number of hydrogen-bond acceptors (Lipinski definition) is 3. The van der Waals surface area contributed by atoms with Crippen molar-refractivity contribution < 1.29 is 15.0 Å². The van der Waals surface area contributed by atoms with Crippen LogP contribution in [0.1, 0.15) is 16.1 Å². The van der Waals surface area contributed by atoms with E-state index < -0.39 is 5.97 Å². The molecule has 1 rings (SSSR count). The van der Waals surface area contributed by atoms with Gasteiger partial charge in [-0.15, -0.1) is 0 Å². The molecule has 0 amide bonds. The number of rotatable bonds is 1. The SMILES string of the molecule is Cc1cc(C(=O)O)c(O)c(=S)[nH]1. The lowest BCUT2D eigenvalue weighted by molar-refractivity contribution is 0.0693. The van der Waals surface area contributed by atoms with Gasteiger partial charge in [-0.3, -0.25) is 0 Å². The Bertz CT molecular complexity index is 383. The first-order chi connectivity index (χ1) is 5.52. The fourth-order valence-corrected chi connectivity index (χ4v) is 1.12. The predicted molar refractivity (Wildman–Crippen MR) is 45.0 cm³/mol. The first-order valence-electron chi connectivity index (χ1n) is 3.18. The Kier molecular flexibility index (Phi) is 2.14. The zero-order valence-electron chi connectivity index (χ0n) is 6.29. The van der Waals surface area contributed by atoms with Crippen molar-refractivity contribution in [2.24, 2.45) is 0 Å². The lowest BCUT2D eigenvalue weighted by atomic mass is 10.2. The van der Waals surface area contributed by atoms with E-state index >= 15 is 0 Å². The van der Waals surface area contributed by atoms with Crippen molar-refractivity contribution >= 4 is 18.2 Å². The van der Waals surface area contributed by atoms with Gasteiger partial charge < -0.3 is 15.2 Å². The topological polar surface area (TPSA) is 73.3 Å². The zero-order valence-corrected chi connectivity index (χ0v) is 7.10. The molecule has 12 heavy (non-hydrogen) atoms. The Morgan fingerprint density at radius 1 is 1.67 bits per heavy atom. The average Bonchev–Trinajstić information content (AvgIpc) is 1.96. The summed E-state index contributed by atoms with van der Waals surface area (Å²) >= 11 is 4.68. The molecule has 0 saturated heterocycles. The third kappa shape index (κ3) is 1.45. The third-order valence-corrected chi connectivity index (χ3v) is 1.67. The summed E-state index contributed by atoms with van der Waals surface area (Å²) in [6, 6.07) is 1.33. The maximum absolute atomic E-state index is 10.5. The van der Waals surface area contributed by atoms with Gasteiger partial charge in [-0.25, -0.2) is 4.79 Å². The number of aromatic carboxylic acids is 1. The molecule has 5 heteroatoms. The Morgan fingerprint density at radius 2 is 2.25 bits per heavy atom. The number of hydrogen-bond donors (Lipinski definition) is 3. The smallest absolute Gasteiger partial charge is 0.339 e. The number of aromatic nitrogens is 1. The van der Waals surface area contributed by atoms with Crippen LogP contribution in [0.5, 0.6) is 5.75 Å². The summed E-state index contributed by atoms with van der Waals surface area (Å²) in [7, 11) is 0. The number of H-pyrrole nitrogens is 1. The van der Waals surface area contributed by atoms with Gasteiger partial charge in [-0.1, -0.05) is 12.2 Å². The highest BCUT2D eigenvalue weighted by Crippen LogP contribution is 2.17. The summed E-state index contributed by atoms with van der Waals surface area (Å²) in [4.78, 5) is 13.1. The van der Waals surface area contributed by atoms with Crippen molar-refractivity contribution in [2.75, 3.05) is 0 Å². The maximum atomic E-state index is 10.5. The van der Waals surface area contributed by atoms with E-state index in [1.165, 1.54) is 6.07 Å². The van der Waals surface area contributed by atoms with Crippen molar-refractivity contribution in [3.8, 4) is 5.75 Å². The Morgan fingerprint density at radius 3 is 2.75 bits per heavy atom. The third-order valence-electron chi connectivity index (χ3n) is 1.37. The van der Waals surface area contributed by atoms with E-state index in [4.69, 9.17) is 5.11 Å². The number of aromatic amines is 1. The van der Waals surface area contributed by atoms with Crippen molar-refractivity contribution in [1.29, 1.82) is 0 Å². The Labute approximate surface area is 73.5 Å². The normalized spacial score (nSPS) is 9.75. The van der Waals surface area contributed by atoms with Crippen LogP contribution < -0.4 is 0 Å². The number of carboxylic acids is 1. The molecule has 0 unspecified atom stereocenters. The fraction of sp³-hybridized carbons (Fsp3) is 0.143. The van der Waals surface area contributed by atoms with Gasteiger partial charge in [0.1, 0.15) is 10.2 Å². The van der Waals surface area contributed by atoms with Crippen molar-refractivity contribution in [3.05, 3.63) is 22.0 Å². The second-order valence-corrected chi connectivity index (χ2v) is 2.76. The lowest BCUT2D eigenvalue weighted by Crippen LogP contribution is -1.99. The Hall–Kier alpha value is -1.36. The van der Waals surface area contributed by atoms with Crippen molar-refractivity contribution in [3.63, 3.8) is 0 Å². The standard InChI is InChI=1S/C7H7NO3S/c1-3-2-4(7(10)11)5(9)6(12)8-3/h2,9H,1H3,(H,8,12)(H,10,11). The number of nitrogens with one attached hydrogen (secondary N) is 1. The molecule has 4 nitrogen and oxygen atoms in total. The summed E-state index contributed by atoms with van der Waals surface area (Å²) < 4.78 is 0.0485. The van der Waals surface area contributed by atoms with Gasteiger partial charge in [0.05, 0.1) is 0 Å². The van der Waals surface area contributed by atoms with Crippen molar-refractivity contribution in [2.45, 2.75) is 6.92 Å². The van der Waals surface area contributed by atoms with Gasteiger partial charge in [0, 0.05) is 5.69 Å². The number of aromatic hydroxyl groups is 1. The van der Waals surface area contributed by atoms with Gasteiger partial charge in [-0.05, 0) is 13.0 Å². The molecule has 0 aliphatic rings.